The van der Waals surface area contributed by atoms with Gasteiger partial charge in [-0.1, -0.05) is 30.9 Å². The van der Waals surface area contributed by atoms with E-state index in [9.17, 15) is 4.79 Å². The SMILES string of the molecule is C=CC=C(C=CC)SC1C=C(C(=O)OC)CCC1. The van der Waals surface area contributed by atoms with Gasteiger partial charge in [-0.3, -0.25) is 0 Å². The molecule has 18 heavy (non-hydrogen) atoms. The first-order valence-electron chi connectivity index (χ1n) is 6.12. The Balaban J connectivity index is 2.74. The van der Waals surface area contributed by atoms with Crippen molar-refractivity contribution in [3.63, 3.8) is 0 Å². The Morgan fingerprint density at radius 2 is 2.39 bits per heavy atom. The van der Waals surface area contributed by atoms with Gasteiger partial charge in [-0.2, -0.15) is 0 Å². The fourth-order valence-corrected chi connectivity index (χ4v) is 3.12. The van der Waals surface area contributed by atoms with E-state index in [2.05, 4.69) is 12.7 Å². The topological polar surface area (TPSA) is 26.3 Å². The van der Waals surface area contributed by atoms with Gasteiger partial charge in [0.25, 0.3) is 0 Å². The molecule has 2 nitrogen and oxygen atoms in total. The molecule has 0 radical (unpaired) electrons. The number of carbonyl (C=O) groups excluding carboxylic acids is 1. The second-order valence-electron chi connectivity index (χ2n) is 4.04. The Labute approximate surface area is 113 Å². The van der Waals surface area contributed by atoms with Crippen molar-refractivity contribution in [1.82, 2.24) is 0 Å². The maximum absolute atomic E-state index is 11.5. The molecule has 0 saturated heterocycles. The molecule has 0 fully saturated rings. The van der Waals surface area contributed by atoms with E-state index in [1.165, 1.54) is 12.0 Å². The van der Waals surface area contributed by atoms with Crippen LogP contribution in [-0.2, 0) is 9.53 Å². The van der Waals surface area contributed by atoms with E-state index in [0.717, 1.165) is 24.8 Å². The molecule has 1 rings (SSSR count). The molecule has 0 saturated carbocycles. The van der Waals surface area contributed by atoms with Crippen molar-refractivity contribution in [2.24, 2.45) is 0 Å². The summed E-state index contributed by atoms with van der Waals surface area (Å²) in [6, 6.07) is 0. The van der Waals surface area contributed by atoms with Gasteiger partial charge in [0.1, 0.15) is 0 Å². The molecule has 0 aromatic heterocycles. The minimum Gasteiger partial charge on any atom is -0.466 e. The van der Waals surface area contributed by atoms with Gasteiger partial charge in [-0.15, -0.1) is 11.8 Å². The lowest BCUT2D eigenvalue weighted by molar-refractivity contribution is -0.136. The van der Waals surface area contributed by atoms with Crippen molar-refractivity contribution in [2.45, 2.75) is 31.4 Å². The average molecular weight is 264 g/mol. The summed E-state index contributed by atoms with van der Waals surface area (Å²) < 4.78 is 4.78. The summed E-state index contributed by atoms with van der Waals surface area (Å²) in [7, 11) is 1.43. The maximum Gasteiger partial charge on any atom is 0.333 e. The molecule has 1 aliphatic rings. The van der Waals surface area contributed by atoms with Crippen molar-refractivity contribution in [3.8, 4) is 0 Å². The molecule has 0 amide bonds. The van der Waals surface area contributed by atoms with E-state index in [1.54, 1.807) is 17.8 Å². The smallest absolute Gasteiger partial charge is 0.333 e. The molecular formula is C15H20O2S. The second-order valence-corrected chi connectivity index (χ2v) is 5.35. The molecule has 0 N–H and O–H groups in total. The Morgan fingerprint density at radius 1 is 1.61 bits per heavy atom. The highest BCUT2D eigenvalue weighted by Gasteiger charge is 2.19. The van der Waals surface area contributed by atoms with E-state index in [-0.39, 0.29) is 5.97 Å². The highest BCUT2D eigenvalue weighted by Crippen LogP contribution is 2.32. The fourth-order valence-electron chi connectivity index (χ4n) is 1.87. The summed E-state index contributed by atoms with van der Waals surface area (Å²) in [6.07, 6.45) is 12.9. The van der Waals surface area contributed by atoms with Crippen LogP contribution in [0, 0.1) is 0 Å². The van der Waals surface area contributed by atoms with E-state index >= 15 is 0 Å². The minimum atomic E-state index is -0.194. The predicted molar refractivity (Wildman–Crippen MR) is 78.4 cm³/mol. The molecule has 0 bridgehead atoms. The van der Waals surface area contributed by atoms with E-state index in [4.69, 9.17) is 4.74 Å². The third-order valence-electron chi connectivity index (χ3n) is 2.67. The van der Waals surface area contributed by atoms with E-state index < -0.39 is 0 Å². The highest BCUT2D eigenvalue weighted by molar-refractivity contribution is 8.04. The van der Waals surface area contributed by atoms with Crippen LogP contribution in [-0.4, -0.2) is 18.3 Å². The molecule has 0 heterocycles. The highest BCUT2D eigenvalue weighted by atomic mass is 32.2. The van der Waals surface area contributed by atoms with Gasteiger partial charge < -0.3 is 4.74 Å². The van der Waals surface area contributed by atoms with Gasteiger partial charge in [-0.25, -0.2) is 4.79 Å². The summed E-state index contributed by atoms with van der Waals surface area (Å²) in [5.74, 6) is -0.194. The van der Waals surface area contributed by atoms with Crippen molar-refractivity contribution in [3.05, 3.63) is 47.4 Å². The van der Waals surface area contributed by atoms with Crippen molar-refractivity contribution in [1.29, 1.82) is 0 Å². The molecule has 98 valence electrons. The summed E-state index contributed by atoms with van der Waals surface area (Å²) in [5, 5.41) is 0.343. The number of allylic oxidation sites excluding steroid dienone is 4. The lowest BCUT2D eigenvalue weighted by Crippen LogP contribution is -2.13. The lowest BCUT2D eigenvalue weighted by Gasteiger charge is -2.19. The second kappa shape index (κ2) is 7.98. The van der Waals surface area contributed by atoms with Gasteiger partial charge in [0.05, 0.1) is 7.11 Å². The van der Waals surface area contributed by atoms with Crippen LogP contribution in [0.25, 0.3) is 0 Å². The summed E-state index contributed by atoms with van der Waals surface area (Å²) in [6.45, 7) is 5.71. The number of hydrogen-bond donors (Lipinski definition) is 0. The molecule has 1 aliphatic carbocycles. The first-order chi connectivity index (χ1) is 8.71. The van der Waals surface area contributed by atoms with Crippen molar-refractivity contribution in [2.75, 3.05) is 7.11 Å². The summed E-state index contributed by atoms with van der Waals surface area (Å²) in [4.78, 5) is 12.7. The van der Waals surface area contributed by atoms with Crippen LogP contribution in [0.4, 0.5) is 0 Å². The van der Waals surface area contributed by atoms with Crippen LogP contribution < -0.4 is 0 Å². The zero-order valence-corrected chi connectivity index (χ0v) is 11.8. The Bertz CT molecular complexity index is 391. The zero-order chi connectivity index (χ0) is 13.4. The number of ether oxygens (including phenoxy) is 1. The molecule has 0 spiro atoms. The van der Waals surface area contributed by atoms with E-state index in [1.807, 2.05) is 25.2 Å². The number of esters is 1. The molecule has 0 aromatic rings. The number of rotatable bonds is 5. The largest absolute Gasteiger partial charge is 0.466 e. The number of carbonyl (C=O) groups is 1. The van der Waals surface area contributed by atoms with Crippen LogP contribution in [0.15, 0.2) is 47.4 Å². The van der Waals surface area contributed by atoms with Gasteiger partial charge >= 0.3 is 5.97 Å². The van der Waals surface area contributed by atoms with Crippen LogP contribution in [0.3, 0.4) is 0 Å². The Kier molecular flexibility index (Phi) is 6.58. The number of methoxy groups -OCH3 is 1. The first kappa shape index (κ1) is 14.8. The molecule has 1 atom stereocenters. The fraction of sp³-hybridized carbons (Fsp3) is 0.400. The zero-order valence-electron chi connectivity index (χ0n) is 11.0. The lowest BCUT2D eigenvalue weighted by atomic mass is 9.99. The third-order valence-corrected chi connectivity index (χ3v) is 3.89. The summed E-state index contributed by atoms with van der Waals surface area (Å²) in [5.41, 5.74) is 0.805. The number of hydrogen-bond acceptors (Lipinski definition) is 3. The van der Waals surface area contributed by atoms with Gasteiger partial charge in [-0.05, 0) is 32.3 Å². The first-order valence-corrected chi connectivity index (χ1v) is 7.00. The average Bonchev–Trinajstić information content (AvgIpc) is 2.39. The molecule has 3 heteroatoms. The summed E-state index contributed by atoms with van der Waals surface area (Å²) >= 11 is 1.77. The van der Waals surface area contributed by atoms with Crippen LogP contribution in [0.2, 0.25) is 0 Å². The number of thioether (sulfide) groups is 1. The van der Waals surface area contributed by atoms with Gasteiger partial charge in [0, 0.05) is 15.7 Å². The third kappa shape index (κ3) is 4.57. The van der Waals surface area contributed by atoms with Gasteiger partial charge in [0.2, 0.25) is 0 Å². The molecule has 1 unspecified atom stereocenters. The predicted octanol–water partition coefficient (Wildman–Crippen LogP) is 4.02. The molecular weight excluding hydrogens is 244 g/mol. The van der Waals surface area contributed by atoms with Crippen molar-refractivity contribution >= 4 is 17.7 Å². The Hall–Kier alpha value is -1.22. The maximum atomic E-state index is 11.5. The molecule has 0 aromatic carbocycles. The monoisotopic (exact) mass is 264 g/mol. The van der Waals surface area contributed by atoms with Crippen LogP contribution in [0.1, 0.15) is 26.2 Å². The van der Waals surface area contributed by atoms with E-state index in [0.29, 0.717) is 5.25 Å². The Morgan fingerprint density at radius 3 is 3.00 bits per heavy atom. The standard InChI is InChI=1S/C15H20O2S/c1-4-7-13(8-5-2)18-14-10-6-9-12(11-14)15(16)17-3/h4-5,7-8,11,14H,1,6,9-10H2,2-3H3. The minimum absolute atomic E-state index is 0.194. The van der Waals surface area contributed by atoms with Crippen molar-refractivity contribution < 1.29 is 9.53 Å². The van der Waals surface area contributed by atoms with Crippen LogP contribution in [0.5, 0.6) is 0 Å². The van der Waals surface area contributed by atoms with Gasteiger partial charge in [0.15, 0.2) is 0 Å². The molecule has 0 aliphatic heterocycles. The normalized spacial score (nSPS) is 20.7. The quantitative estimate of drug-likeness (QED) is 0.554. The van der Waals surface area contributed by atoms with Crippen LogP contribution >= 0.6 is 11.8 Å².